The number of carbonyl (C=O) groups is 4. The molecular formula is C23H29N3O5. The van der Waals surface area contributed by atoms with E-state index in [-0.39, 0.29) is 11.8 Å². The van der Waals surface area contributed by atoms with Crippen LogP contribution in [0.25, 0.3) is 10.8 Å². The molecule has 2 aromatic carbocycles. The number of carbonyl (C=O) groups excluding carboxylic acids is 3. The third-order valence-corrected chi connectivity index (χ3v) is 4.78. The van der Waals surface area contributed by atoms with Crippen LogP contribution in [0.15, 0.2) is 42.5 Å². The van der Waals surface area contributed by atoms with E-state index < -0.39 is 36.4 Å². The van der Waals surface area contributed by atoms with Crippen LogP contribution in [-0.4, -0.2) is 47.3 Å². The van der Waals surface area contributed by atoms with Gasteiger partial charge < -0.3 is 25.9 Å². The Morgan fingerprint density at radius 1 is 0.968 bits per heavy atom. The van der Waals surface area contributed by atoms with E-state index in [1.54, 1.807) is 6.92 Å². The summed E-state index contributed by atoms with van der Waals surface area (Å²) in [7, 11) is 0. The number of benzene rings is 2. The number of carboxylic acids is 1. The van der Waals surface area contributed by atoms with Crippen LogP contribution in [0, 0.1) is 5.92 Å². The highest BCUT2D eigenvalue weighted by Gasteiger charge is 2.27. The Morgan fingerprint density at radius 2 is 1.65 bits per heavy atom. The molecule has 31 heavy (non-hydrogen) atoms. The van der Waals surface area contributed by atoms with Crippen LogP contribution in [0.2, 0.25) is 0 Å². The monoisotopic (exact) mass is 427 g/mol. The lowest BCUT2D eigenvalue weighted by atomic mass is 10.0. The first-order chi connectivity index (χ1) is 14.7. The molecule has 0 saturated carbocycles. The van der Waals surface area contributed by atoms with Gasteiger partial charge in [0.1, 0.15) is 18.4 Å². The molecule has 2 amide bonds. The highest BCUT2D eigenvalue weighted by atomic mass is 16.4. The number of aliphatic carboxylic acids is 1. The fraction of sp³-hybridized carbons (Fsp3) is 0.391. The molecule has 0 spiro atoms. The molecule has 0 heterocycles. The first-order valence-electron chi connectivity index (χ1n) is 10.2. The van der Waals surface area contributed by atoms with Crippen molar-refractivity contribution in [2.75, 3.05) is 5.32 Å². The van der Waals surface area contributed by atoms with Crippen LogP contribution in [0.4, 0.5) is 5.69 Å². The summed E-state index contributed by atoms with van der Waals surface area (Å²) in [6.45, 7) is 5.50. The van der Waals surface area contributed by atoms with E-state index in [0.717, 1.165) is 16.5 Å². The summed E-state index contributed by atoms with van der Waals surface area (Å²) in [6.07, 6.45) is 0.207. The van der Waals surface area contributed by atoms with Crippen molar-refractivity contribution in [3.05, 3.63) is 42.5 Å². The molecule has 0 aliphatic heterocycles. The van der Waals surface area contributed by atoms with E-state index in [2.05, 4.69) is 16.0 Å². The van der Waals surface area contributed by atoms with E-state index in [1.807, 2.05) is 56.3 Å². The van der Waals surface area contributed by atoms with E-state index >= 15 is 0 Å². The molecule has 0 aliphatic rings. The highest BCUT2D eigenvalue weighted by Crippen LogP contribution is 2.23. The molecular weight excluding hydrogens is 398 g/mol. The summed E-state index contributed by atoms with van der Waals surface area (Å²) < 4.78 is 0. The van der Waals surface area contributed by atoms with Gasteiger partial charge in [-0.3, -0.25) is 14.4 Å². The normalized spacial score (nSPS) is 13.8. The Balaban J connectivity index is 2.09. The Kier molecular flexibility index (Phi) is 8.54. The average molecular weight is 428 g/mol. The molecule has 0 saturated heterocycles. The van der Waals surface area contributed by atoms with Crippen LogP contribution in [-0.2, 0) is 19.2 Å². The van der Waals surface area contributed by atoms with Crippen LogP contribution < -0.4 is 16.0 Å². The fourth-order valence-electron chi connectivity index (χ4n) is 3.25. The number of hydrogen-bond donors (Lipinski definition) is 4. The molecule has 2 aromatic rings. The summed E-state index contributed by atoms with van der Waals surface area (Å²) in [4.78, 5) is 47.3. The van der Waals surface area contributed by atoms with E-state index in [4.69, 9.17) is 5.11 Å². The number of amides is 2. The molecule has 8 heteroatoms. The zero-order valence-electron chi connectivity index (χ0n) is 17.9. The molecule has 0 aromatic heterocycles. The van der Waals surface area contributed by atoms with Gasteiger partial charge >= 0.3 is 5.97 Å². The summed E-state index contributed by atoms with van der Waals surface area (Å²) in [5.41, 5.74) is 0.799. The molecule has 4 N–H and O–H groups in total. The maximum Gasteiger partial charge on any atom is 0.305 e. The third-order valence-electron chi connectivity index (χ3n) is 4.78. The van der Waals surface area contributed by atoms with Gasteiger partial charge in [0.2, 0.25) is 11.8 Å². The number of fused-ring (bicyclic) bond motifs is 1. The van der Waals surface area contributed by atoms with Crippen molar-refractivity contribution in [3.63, 3.8) is 0 Å². The number of hydrogen-bond acceptors (Lipinski definition) is 5. The minimum Gasteiger partial charge on any atom is -0.481 e. The van der Waals surface area contributed by atoms with Crippen molar-refractivity contribution in [3.8, 4) is 0 Å². The number of nitrogens with one attached hydrogen (secondary N) is 3. The first kappa shape index (κ1) is 23.9. The zero-order chi connectivity index (χ0) is 23.0. The quantitative estimate of drug-likeness (QED) is 0.408. The van der Waals surface area contributed by atoms with Gasteiger partial charge in [-0.25, -0.2) is 0 Å². The summed E-state index contributed by atoms with van der Waals surface area (Å²) in [5.74, 6) is -2.08. The third kappa shape index (κ3) is 7.09. The van der Waals surface area contributed by atoms with Gasteiger partial charge in [-0.2, -0.15) is 0 Å². The standard InChI is InChI=1S/C23H29N3O5/c1-14(2)11-20(23(31)25-17(13-27)12-21(28)29)26-22(30)15(3)24-19-10-6-8-16-7-4-5-9-18(16)19/h4-10,13-15,17,20,24H,11-12H2,1-3H3,(H,25,31)(H,26,30)(H,28,29)/t15?,17-,20?/m0/s1. The predicted octanol–water partition coefficient (Wildman–Crippen LogP) is 2.33. The minimum absolute atomic E-state index is 0.0894. The van der Waals surface area contributed by atoms with Gasteiger partial charge in [-0.1, -0.05) is 50.2 Å². The minimum atomic E-state index is -1.20. The topological polar surface area (TPSA) is 125 Å². The van der Waals surface area contributed by atoms with Crippen molar-refractivity contribution in [2.24, 2.45) is 5.92 Å². The van der Waals surface area contributed by atoms with Crippen molar-refractivity contribution < 1.29 is 24.3 Å². The second-order valence-corrected chi connectivity index (χ2v) is 7.93. The van der Waals surface area contributed by atoms with Gasteiger partial charge in [0.05, 0.1) is 12.5 Å². The fourth-order valence-corrected chi connectivity index (χ4v) is 3.25. The van der Waals surface area contributed by atoms with Crippen LogP contribution in [0.3, 0.4) is 0 Å². The van der Waals surface area contributed by atoms with Gasteiger partial charge in [0.25, 0.3) is 0 Å². The van der Waals surface area contributed by atoms with Crippen molar-refractivity contribution >= 4 is 40.5 Å². The summed E-state index contributed by atoms with van der Waals surface area (Å²) in [6, 6.07) is 10.9. The molecule has 3 atom stereocenters. The maximum atomic E-state index is 12.8. The Hall–Kier alpha value is -3.42. The number of rotatable bonds is 11. The molecule has 0 bridgehead atoms. The second kappa shape index (κ2) is 11.1. The lowest BCUT2D eigenvalue weighted by molar-refractivity contribution is -0.139. The molecule has 166 valence electrons. The molecule has 8 nitrogen and oxygen atoms in total. The average Bonchev–Trinajstić information content (AvgIpc) is 2.72. The van der Waals surface area contributed by atoms with Crippen LogP contribution in [0.1, 0.15) is 33.6 Å². The Bertz CT molecular complexity index is 938. The summed E-state index contributed by atoms with van der Waals surface area (Å²) in [5, 5.41) is 19.2. The van der Waals surface area contributed by atoms with Gasteiger partial charge in [-0.15, -0.1) is 0 Å². The Labute approximate surface area is 181 Å². The predicted molar refractivity (Wildman–Crippen MR) is 119 cm³/mol. The van der Waals surface area contributed by atoms with Crippen molar-refractivity contribution in [1.29, 1.82) is 0 Å². The van der Waals surface area contributed by atoms with Crippen molar-refractivity contribution in [2.45, 2.75) is 51.7 Å². The van der Waals surface area contributed by atoms with Gasteiger partial charge in [-0.05, 0) is 30.7 Å². The van der Waals surface area contributed by atoms with E-state index in [1.165, 1.54) is 0 Å². The smallest absolute Gasteiger partial charge is 0.305 e. The van der Waals surface area contributed by atoms with Crippen molar-refractivity contribution in [1.82, 2.24) is 10.6 Å². The van der Waals surface area contributed by atoms with Gasteiger partial charge in [0.15, 0.2) is 0 Å². The van der Waals surface area contributed by atoms with Crippen LogP contribution in [0.5, 0.6) is 0 Å². The number of anilines is 1. The number of carboxylic acid groups (broad SMARTS) is 1. The van der Waals surface area contributed by atoms with Gasteiger partial charge in [0, 0.05) is 11.1 Å². The molecule has 2 unspecified atom stereocenters. The number of aldehydes is 1. The van der Waals surface area contributed by atoms with E-state index in [9.17, 15) is 19.2 Å². The maximum absolute atomic E-state index is 12.8. The summed E-state index contributed by atoms with van der Waals surface area (Å²) >= 11 is 0. The lowest BCUT2D eigenvalue weighted by Gasteiger charge is -2.24. The SMILES string of the molecule is CC(C)CC(NC(=O)C(C)Nc1cccc2ccccc12)C(=O)N[C@H](C=O)CC(=O)O. The molecule has 2 rings (SSSR count). The lowest BCUT2D eigenvalue weighted by Crippen LogP contribution is -2.53. The molecule has 0 radical (unpaired) electrons. The molecule has 0 aliphatic carbocycles. The van der Waals surface area contributed by atoms with E-state index in [0.29, 0.717) is 12.7 Å². The Morgan fingerprint density at radius 3 is 2.29 bits per heavy atom. The zero-order valence-corrected chi connectivity index (χ0v) is 17.9. The first-order valence-corrected chi connectivity index (χ1v) is 10.2. The second-order valence-electron chi connectivity index (χ2n) is 7.93. The highest BCUT2D eigenvalue weighted by molar-refractivity contribution is 5.97. The van der Waals surface area contributed by atoms with Crippen LogP contribution >= 0.6 is 0 Å². The molecule has 0 fully saturated rings. The largest absolute Gasteiger partial charge is 0.481 e.